The van der Waals surface area contributed by atoms with Crippen molar-refractivity contribution < 1.29 is 13.2 Å². The Morgan fingerprint density at radius 3 is 2.47 bits per heavy atom. The fourth-order valence-corrected chi connectivity index (χ4v) is 1.45. The summed E-state index contributed by atoms with van der Waals surface area (Å²) in [7, 11) is 0. The van der Waals surface area contributed by atoms with Gasteiger partial charge < -0.3 is 5.73 Å². The van der Waals surface area contributed by atoms with Crippen LogP contribution in [0.4, 0.5) is 13.2 Å². The minimum absolute atomic E-state index is 0.358. The molecule has 0 aliphatic carbocycles. The van der Waals surface area contributed by atoms with E-state index in [-0.39, 0.29) is 0 Å². The van der Waals surface area contributed by atoms with Crippen molar-refractivity contribution in [2.24, 2.45) is 5.73 Å². The molecule has 0 atom stereocenters. The summed E-state index contributed by atoms with van der Waals surface area (Å²) < 4.78 is 37.1. The average molecular weight is 238 g/mol. The van der Waals surface area contributed by atoms with Gasteiger partial charge in [-0.15, -0.1) is 0 Å². The zero-order valence-corrected chi connectivity index (χ0v) is 8.70. The second kappa shape index (κ2) is 4.86. The maximum Gasteiger partial charge on any atom is 0.416 e. The smallest absolute Gasteiger partial charge is 0.330 e. The SMILES string of the molecule is NCCCc1cc(C(F)(F)F)ccc1Cl. The van der Waals surface area contributed by atoms with Gasteiger partial charge in [-0.05, 0) is 43.1 Å². The van der Waals surface area contributed by atoms with Gasteiger partial charge in [0.25, 0.3) is 0 Å². The predicted octanol–water partition coefficient (Wildman–Crippen LogP) is 3.25. The summed E-state index contributed by atoms with van der Waals surface area (Å²) >= 11 is 5.77. The van der Waals surface area contributed by atoms with E-state index in [1.807, 2.05) is 0 Å². The van der Waals surface area contributed by atoms with Crippen LogP contribution in [0.15, 0.2) is 18.2 Å². The molecule has 0 aliphatic rings. The lowest BCUT2D eigenvalue weighted by molar-refractivity contribution is -0.137. The summed E-state index contributed by atoms with van der Waals surface area (Å²) in [5, 5.41) is 0.358. The summed E-state index contributed by atoms with van der Waals surface area (Å²) in [4.78, 5) is 0. The molecule has 84 valence electrons. The molecule has 0 amide bonds. The van der Waals surface area contributed by atoms with Crippen LogP contribution in [-0.4, -0.2) is 6.54 Å². The van der Waals surface area contributed by atoms with Gasteiger partial charge >= 0.3 is 6.18 Å². The van der Waals surface area contributed by atoms with Crippen molar-refractivity contribution in [2.45, 2.75) is 19.0 Å². The molecular formula is C10H11ClF3N. The van der Waals surface area contributed by atoms with Crippen LogP contribution in [0, 0.1) is 0 Å². The van der Waals surface area contributed by atoms with E-state index in [9.17, 15) is 13.2 Å². The molecule has 0 aromatic heterocycles. The van der Waals surface area contributed by atoms with Crippen LogP contribution in [-0.2, 0) is 12.6 Å². The van der Waals surface area contributed by atoms with Gasteiger partial charge in [-0.2, -0.15) is 13.2 Å². The monoisotopic (exact) mass is 237 g/mol. The minimum atomic E-state index is -4.32. The third-order valence-electron chi connectivity index (χ3n) is 2.02. The topological polar surface area (TPSA) is 26.0 Å². The first-order chi connectivity index (χ1) is 6.95. The number of hydrogen-bond acceptors (Lipinski definition) is 1. The van der Waals surface area contributed by atoms with Gasteiger partial charge in [0, 0.05) is 5.02 Å². The van der Waals surface area contributed by atoms with Crippen molar-refractivity contribution in [2.75, 3.05) is 6.54 Å². The van der Waals surface area contributed by atoms with Gasteiger partial charge in [0.05, 0.1) is 5.56 Å². The highest BCUT2D eigenvalue weighted by molar-refractivity contribution is 6.31. The second-order valence-corrected chi connectivity index (χ2v) is 3.60. The Labute approximate surface area is 91.0 Å². The van der Waals surface area contributed by atoms with E-state index in [1.54, 1.807) is 0 Å². The van der Waals surface area contributed by atoms with Crippen molar-refractivity contribution >= 4 is 11.6 Å². The lowest BCUT2D eigenvalue weighted by Gasteiger charge is -2.10. The molecule has 0 fully saturated rings. The molecule has 0 bridgehead atoms. The van der Waals surface area contributed by atoms with Gasteiger partial charge in [-0.25, -0.2) is 0 Å². The summed E-state index contributed by atoms with van der Waals surface area (Å²) in [6.07, 6.45) is -3.22. The lowest BCUT2D eigenvalue weighted by Crippen LogP contribution is -2.06. The molecule has 0 saturated heterocycles. The number of nitrogens with two attached hydrogens (primary N) is 1. The number of hydrogen-bond donors (Lipinski definition) is 1. The van der Waals surface area contributed by atoms with E-state index >= 15 is 0 Å². The van der Waals surface area contributed by atoms with Crippen LogP contribution in [0.3, 0.4) is 0 Å². The number of rotatable bonds is 3. The van der Waals surface area contributed by atoms with Gasteiger partial charge in [0.1, 0.15) is 0 Å². The first-order valence-electron chi connectivity index (χ1n) is 4.51. The maximum atomic E-state index is 12.4. The lowest BCUT2D eigenvalue weighted by atomic mass is 10.1. The highest BCUT2D eigenvalue weighted by atomic mass is 35.5. The Bertz CT molecular complexity index is 336. The van der Waals surface area contributed by atoms with Gasteiger partial charge in [0.15, 0.2) is 0 Å². The van der Waals surface area contributed by atoms with E-state index in [1.165, 1.54) is 6.07 Å². The molecular weight excluding hydrogens is 227 g/mol. The van der Waals surface area contributed by atoms with Crippen molar-refractivity contribution in [3.63, 3.8) is 0 Å². The summed E-state index contributed by atoms with van der Waals surface area (Å²) in [5.41, 5.74) is 5.11. The molecule has 1 rings (SSSR count). The molecule has 0 spiro atoms. The average Bonchev–Trinajstić information content (AvgIpc) is 2.15. The van der Waals surface area contributed by atoms with Crippen LogP contribution >= 0.6 is 11.6 Å². The summed E-state index contributed by atoms with van der Waals surface area (Å²) in [6.45, 7) is 0.437. The Balaban J connectivity index is 2.95. The Hall–Kier alpha value is -0.740. The van der Waals surface area contributed by atoms with Crippen molar-refractivity contribution in [3.05, 3.63) is 34.3 Å². The fourth-order valence-electron chi connectivity index (χ4n) is 1.24. The molecule has 5 heteroatoms. The van der Waals surface area contributed by atoms with E-state index in [2.05, 4.69) is 0 Å². The number of benzene rings is 1. The van der Waals surface area contributed by atoms with Crippen molar-refractivity contribution in [1.82, 2.24) is 0 Å². The third kappa shape index (κ3) is 3.39. The molecule has 1 nitrogen and oxygen atoms in total. The van der Waals surface area contributed by atoms with E-state index in [0.717, 1.165) is 12.1 Å². The van der Waals surface area contributed by atoms with Crippen LogP contribution in [0.2, 0.25) is 5.02 Å². The van der Waals surface area contributed by atoms with Crippen molar-refractivity contribution in [3.8, 4) is 0 Å². The Kier molecular flexibility index (Phi) is 3.99. The Morgan fingerprint density at radius 2 is 1.93 bits per heavy atom. The van der Waals surface area contributed by atoms with E-state index in [4.69, 9.17) is 17.3 Å². The number of aryl methyl sites for hydroxylation is 1. The summed E-state index contributed by atoms with van der Waals surface area (Å²) in [5.74, 6) is 0. The fraction of sp³-hybridized carbons (Fsp3) is 0.400. The molecule has 0 saturated carbocycles. The molecule has 0 heterocycles. The zero-order valence-electron chi connectivity index (χ0n) is 7.94. The molecule has 1 aromatic rings. The third-order valence-corrected chi connectivity index (χ3v) is 2.39. The highest BCUT2D eigenvalue weighted by Gasteiger charge is 2.30. The molecule has 0 radical (unpaired) electrons. The van der Waals surface area contributed by atoms with Crippen molar-refractivity contribution in [1.29, 1.82) is 0 Å². The van der Waals surface area contributed by atoms with Crippen LogP contribution < -0.4 is 5.73 Å². The minimum Gasteiger partial charge on any atom is -0.330 e. The molecule has 0 aliphatic heterocycles. The largest absolute Gasteiger partial charge is 0.416 e. The first-order valence-corrected chi connectivity index (χ1v) is 4.88. The normalized spacial score (nSPS) is 11.8. The highest BCUT2D eigenvalue weighted by Crippen LogP contribution is 2.32. The van der Waals surface area contributed by atoms with Gasteiger partial charge in [-0.3, -0.25) is 0 Å². The second-order valence-electron chi connectivity index (χ2n) is 3.20. The molecule has 0 unspecified atom stereocenters. The van der Waals surface area contributed by atoms with Gasteiger partial charge in [-0.1, -0.05) is 11.6 Å². The van der Waals surface area contributed by atoms with Crippen LogP contribution in [0.5, 0.6) is 0 Å². The van der Waals surface area contributed by atoms with E-state index in [0.29, 0.717) is 30.0 Å². The molecule has 1 aromatic carbocycles. The standard InChI is InChI=1S/C10H11ClF3N/c11-9-4-3-8(10(12,13)14)6-7(9)2-1-5-15/h3-4,6H,1-2,5,15H2. The quantitative estimate of drug-likeness (QED) is 0.858. The first kappa shape index (κ1) is 12.3. The maximum absolute atomic E-state index is 12.4. The molecule has 15 heavy (non-hydrogen) atoms. The summed E-state index contributed by atoms with van der Waals surface area (Å²) in [6, 6.07) is 3.34. The van der Waals surface area contributed by atoms with Gasteiger partial charge in [0.2, 0.25) is 0 Å². The number of alkyl halides is 3. The van der Waals surface area contributed by atoms with Crippen LogP contribution in [0.25, 0.3) is 0 Å². The molecule has 2 N–H and O–H groups in total. The Morgan fingerprint density at radius 1 is 1.27 bits per heavy atom. The van der Waals surface area contributed by atoms with Crippen LogP contribution in [0.1, 0.15) is 17.5 Å². The van der Waals surface area contributed by atoms with E-state index < -0.39 is 11.7 Å². The predicted molar refractivity (Wildman–Crippen MR) is 53.8 cm³/mol. The number of halogens is 4. The zero-order chi connectivity index (χ0) is 11.5.